The molecule has 0 radical (unpaired) electrons. The minimum atomic E-state index is -1.87. The second-order valence-corrected chi connectivity index (χ2v) is 6.76. The molecule has 1 heterocycles. The summed E-state index contributed by atoms with van der Waals surface area (Å²) < 4.78 is 18.5. The Kier molecular flexibility index (Phi) is 5.69. The van der Waals surface area contributed by atoms with Crippen LogP contribution in [-0.2, 0) is 15.1 Å². The average Bonchev–Trinajstić information content (AvgIpc) is 3.16. The zero-order chi connectivity index (χ0) is 18.6. The van der Waals surface area contributed by atoms with Crippen molar-refractivity contribution in [3.63, 3.8) is 0 Å². The molecule has 0 amide bonds. The fourth-order valence-electron chi connectivity index (χ4n) is 3.35. The third kappa shape index (κ3) is 3.64. The normalized spacial score (nSPS) is 19.3. The molecule has 1 fully saturated rings. The number of halogens is 1. The molecule has 1 N–H and O–H groups in total. The lowest BCUT2D eigenvalue weighted by atomic mass is 9.86. The van der Waals surface area contributed by atoms with Crippen LogP contribution >= 0.6 is 0 Å². The lowest BCUT2D eigenvalue weighted by Gasteiger charge is -2.29. The highest BCUT2D eigenvalue weighted by atomic mass is 19.1. The van der Waals surface area contributed by atoms with Crippen molar-refractivity contribution in [3.8, 4) is 0 Å². The van der Waals surface area contributed by atoms with Crippen molar-refractivity contribution in [3.05, 3.63) is 71.8 Å². The van der Waals surface area contributed by atoms with Crippen LogP contribution in [0.5, 0.6) is 0 Å². The van der Waals surface area contributed by atoms with E-state index in [4.69, 9.17) is 4.74 Å². The summed E-state index contributed by atoms with van der Waals surface area (Å²) in [6.45, 7) is 2.54. The minimum Gasteiger partial charge on any atom is -0.458 e. The Morgan fingerprint density at radius 3 is 2.23 bits per heavy atom. The fourth-order valence-corrected chi connectivity index (χ4v) is 3.35. The Morgan fingerprint density at radius 1 is 1.19 bits per heavy atom. The standard InChI is InChI=1S/C21H24FNO3/c1-16(14-22)23-13-12-19(15-23)26-20(24)21(25,17-8-4-2-5-9-17)18-10-6-3-7-11-18/h2-11,16,19,25H,12-15H2,1H3/t16?,19-/m1/s1. The molecule has 4 nitrogen and oxygen atoms in total. The summed E-state index contributed by atoms with van der Waals surface area (Å²) in [7, 11) is 0. The van der Waals surface area contributed by atoms with Gasteiger partial charge in [0, 0.05) is 19.1 Å². The van der Waals surface area contributed by atoms with Crippen LogP contribution < -0.4 is 0 Å². The molecule has 5 heteroatoms. The lowest BCUT2D eigenvalue weighted by Crippen LogP contribution is -2.41. The SMILES string of the molecule is CC(CF)N1CC[C@@H](OC(=O)C(O)(c2ccccc2)c2ccccc2)C1. The van der Waals surface area contributed by atoms with E-state index in [0.717, 1.165) is 0 Å². The Hall–Kier alpha value is -2.24. The van der Waals surface area contributed by atoms with Crippen molar-refractivity contribution < 1.29 is 19.0 Å². The summed E-state index contributed by atoms with van der Waals surface area (Å²) in [6, 6.07) is 17.4. The summed E-state index contributed by atoms with van der Waals surface area (Å²) >= 11 is 0. The summed E-state index contributed by atoms with van der Waals surface area (Å²) in [5, 5.41) is 11.4. The molecule has 26 heavy (non-hydrogen) atoms. The van der Waals surface area contributed by atoms with E-state index >= 15 is 0 Å². The molecule has 3 rings (SSSR count). The molecule has 0 spiro atoms. The second-order valence-electron chi connectivity index (χ2n) is 6.76. The highest BCUT2D eigenvalue weighted by Gasteiger charge is 2.43. The molecule has 2 atom stereocenters. The summed E-state index contributed by atoms with van der Waals surface area (Å²) in [4.78, 5) is 15.0. The van der Waals surface area contributed by atoms with Gasteiger partial charge in [-0.25, -0.2) is 9.18 Å². The van der Waals surface area contributed by atoms with Gasteiger partial charge in [-0.2, -0.15) is 0 Å². The molecule has 2 aromatic carbocycles. The number of rotatable bonds is 6. The first-order valence-corrected chi connectivity index (χ1v) is 8.90. The number of esters is 1. The van der Waals surface area contributed by atoms with Crippen LogP contribution in [0.1, 0.15) is 24.5 Å². The van der Waals surface area contributed by atoms with E-state index in [1.54, 1.807) is 48.5 Å². The van der Waals surface area contributed by atoms with E-state index in [1.165, 1.54) is 0 Å². The van der Waals surface area contributed by atoms with E-state index in [0.29, 0.717) is 30.6 Å². The quantitative estimate of drug-likeness (QED) is 0.808. The van der Waals surface area contributed by atoms with Gasteiger partial charge in [-0.1, -0.05) is 60.7 Å². The zero-order valence-electron chi connectivity index (χ0n) is 14.8. The number of hydrogen-bond donors (Lipinski definition) is 1. The molecule has 0 saturated carbocycles. The van der Waals surface area contributed by atoms with Crippen LogP contribution in [0.3, 0.4) is 0 Å². The van der Waals surface area contributed by atoms with Gasteiger partial charge >= 0.3 is 5.97 Å². The third-order valence-corrected chi connectivity index (χ3v) is 4.98. The molecular weight excluding hydrogens is 333 g/mol. The van der Waals surface area contributed by atoms with Crippen LogP contribution in [0.15, 0.2) is 60.7 Å². The van der Waals surface area contributed by atoms with Crippen LogP contribution in [-0.4, -0.2) is 47.9 Å². The first-order chi connectivity index (χ1) is 12.6. The van der Waals surface area contributed by atoms with Gasteiger partial charge in [0.2, 0.25) is 5.60 Å². The molecule has 2 aromatic rings. The number of aliphatic hydroxyl groups is 1. The Balaban J connectivity index is 1.83. The number of hydrogen-bond acceptors (Lipinski definition) is 4. The number of carbonyl (C=O) groups is 1. The Bertz CT molecular complexity index is 683. The van der Waals surface area contributed by atoms with Crippen LogP contribution in [0.2, 0.25) is 0 Å². The van der Waals surface area contributed by atoms with Crippen LogP contribution in [0.4, 0.5) is 4.39 Å². The average molecular weight is 357 g/mol. The molecule has 0 bridgehead atoms. The van der Waals surface area contributed by atoms with Crippen LogP contribution in [0, 0.1) is 0 Å². The van der Waals surface area contributed by atoms with Crippen molar-refractivity contribution in [2.75, 3.05) is 19.8 Å². The molecule has 1 saturated heterocycles. The Morgan fingerprint density at radius 2 is 1.73 bits per heavy atom. The smallest absolute Gasteiger partial charge is 0.348 e. The van der Waals surface area contributed by atoms with Crippen molar-refractivity contribution in [1.29, 1.82) is 0 Å². The first kappa shape index (κ1) is 18.5. The highest BCUT2D eigenvalue weighted by molar-refractivity contribution is 5.85. The minimum absolute atomic E-state index is 0.194. The number of alkyl halides is 1. The van der Waals surface area contributed by atoms with E-state index < -0.39 is 18.2 Å². The highest BCUT2D eigenvalue weighted by Crippen LogP contribution is 2.32. The number of nitrogens with zero attached hydrogens (tertiary/aromatic N) is 1. The topological polar surface area (TPSA) is 49.8 Å². The van der Waals surface area contributed by atoms with Gasteiger partial charge in [0.05, 0.1) is 0 Å². The maximum Gasteiger partial charge on any atom is 0.348 e. The molecule has 1 aliphatic heterocycles. The molecule has 0 aliphatic carbocycles. The Labute approximate surface area is 153 Å². The number of benzene rings is 2. The van der Waals surface area contributed by atoms with Crippen LogP contribution in [0.25, 0.3) is 0 Å². The number of carbonyl (C=O) groups excluding carboxylic acids is 1. The van der Waals surface area contributed by atoms with Crippen molar-refractivity contribution in [2.45, 2.75) is 31.1 Å². The first-order valence-electron chi connectivity index (χ1n) is 8.90. The van der Waals surface area contributed by atoms with Gasteiger partial charge in [0.15, 0.2) is 0 Å². The molecular formula is C21H24FNO3. The summed E-state index contributed by atoms with van der Waals surface area (Å²) in [5.41, 5.74) is -0.951. The van der Waals surface area contributed by atoms with E-state index in [9.17, 15) is 14.3 Å². The number of ether oxygens (including phenoxy) is 1. The van der Waals surface area contributed by atoms with E-state index in [1.807, 2.05) is 24.0 Å². The lowest BCUT2D eigenvalue weighted by molar-refractivity contribution is -0.167. The molecule has 1 unspecified atom stereocenters. The largest absolute Gasteiger partial charge is 0.458 e. The fraction of sp³-hybridized carbons (Fsp3) is 0.381. The zero-order valence-corrected chi connectivity index (χ0v) is 14.8. The van der Waals surface area contributed by atoms with Gasteiger partial charge in [-0.05, 0) is 24.5 Å². The van der Waals surface area contributed by atoms with Crippen molar-refractivity contribution in [1.82, 2.24) is 4.90 Å². The van der Waals surface area contributed by atoms with Gasteiger partial charge < -0.3 is 9.84 Å². The van der Waals surface area contributed by atoms with E-state index in [-0.39, 0.29) is 12.1 Å². The molecule has 138 valence electrons. The second kappa shape index (κ2) is 7.98. The maximum absolute atomic E-state index is 13.0. The van der Waals surface area contributed by atoms with Crippen molar-refractivity contribution in [2.24, 2.45) is 0 Å². The van der Waals surface area contributed by atoms with Gasteiger partial charge in [0.25, 0.3) is 0 Å². The molecule has 0 aromatic heterocycles. The van der Waals surface area contributed by atoms with Gasteiger partial charge in [-0.15, -0.1) is 0 Å². The van der Waals surface area contributed by atoms with Gasteiger partial charge in [0.1, 0.15) is 12.8 Å². The van der Waals surface area contributed by atoms with E-state index in [2.05, 4.69) is 0 Å². The maximum atomic E-state index is 13.0. The summed E-state index contributed by atoms with van der Waals surface area (Å²) in [6.07, 6.45) is 0.283. The monoisotopic (exact) mass is 357 g/mol. The van der Waals surface area contributed by atoms with Gasteiger partial charge in [-0.3, -0.25) is 4.90 Å². The summed E-state index contributed by atoms with van der Waals surface area (Å²) in [5.74, 6) is -0.699. The van der Waals surface area contributed by atoms with Crippen molar-refractivity contribution >= 4 is 5.97 Å². The predicted octanol–water partition coefficient (Wildman–Crippen LogP) is 2.90. The third-order valence-electron chi connectivity index (χ3n) is 4.98. The molecule has 1 aliphatic rings. The predicted molar refractivity (Wildman–Crippen MR) is 97.4 cm³/mol. The number of likely N-dealkylation sites (tertiary alicyclic amines) is 1.